The van der Waals surface area contributed by atoms with Gasteiger partial charge < -0.3 is 20.5 Å². The molecule has 0 bridgehead atoms. The Morgan fingerprint density at radius 1 is 0.712 bits per heavy atom. The summed E-state index contributed by atoms with van der Waals surface area (Å²) in [7, 11) is 0. The quantitative estimate of drug-likeness (QED) is 0.0565. The van der Waals surface area contributed by atoms with Crippen LogP contribution in [0.25, 0.3) is 0 Å². The van der Waals surface area contributed by atoms with Crippen LogP contribution in [-0.2, 0) is 23.9 Å². The lowest BCUT2D eigenvalue weighted by molar-refractivity contribution is -0.249. The van der Waals surface area contributed by atoms with Gasteiger partial charge in [0.25, 0.3) is 0 Å². The molecule has 5 rings (SSSR count). The first kappa shape index (κ1) is 53.3. The van der Waals surface area contributed by atoms with Crippen molar-refractivity contribution in [3.8, 4) is 0 Å². The van der Waals surface area contributed by atoms with Crippen molar-refractivity contribution in [1.82, 2.24) is 10.6 Å². The molecule has 0 saturated heterocycles. The van der Waals surface area contributed by atoms with Crippen molar-refractivity contribution < 1.29 is 29.0 Å². The number of aliphatic carboxylic acids is 1. The minimum Gasteiger partial charge on any atom is -0.481 e. The molecule has 3 N–H and O–H groups in total. The summed E-state index contributed by atoms with van der Waals surface area (Å²) in [6.45, 7) is 25.2. The average molecular weight is 911 g/mol. The summed E-state index contributed by atoms with van der Waals surface area (Å²) in [6.07, 6.45) is 38.7. The number of carboxylic acid groups (broad SMARTS) is 1. The van der Waals surface area contributed by atoms with Gasteiger partial charge in [0.15, 0.2) is 0 Å². The van der Waals surface area contributed by atoms with Gasteiger partial charge in [0.2, 0.25) is 11.8 Å². The Balaban J connectivity index is 1.11. The molecular formula is C58H90N2O6. The van der Waals surface area contributed by atoms with E-state index in [1.54, 1.807) is 13.8 Å². The first-order valence-corrected chi connectivity index (χ1v) is 26.1. The molecule has 8 nitrogen and oxygen atoms in total. The molecule has 5 aliphatic carbocycles. The number of ether oxygens (including phenoxy) is 1. The highest BCUT2D eigenvalue weighted by Crippen LogP contribution is 2.77. The SMILES string of the molecule is C=C(C)[C@@H]1CC[C@]2(C(=O)NCCNC(=O)CCC/C=C\C/C=C\C/C=C\C/C=C\C/C=C\CC)CC[C@]3(C)[C@H](CC[C@@H]4[C@@]5(C)CC[C@H](OC(=O)CC(C)(C)C(=O)O)C(C)(C)[C@@H]5CC[C@]43C)[C@@H]12. The number of carbonyl (C=O) groups is 4. The number of amides is 2. The van der Waals surface area contributed by atoms with Gasteiger partial charge in [0.05, 0.1) is 17.3 Å². The highest BCUT2D eigenvalue weighted by atomic mass is 16.5. The molecular weight excluding hydrogens is 821 g/mol. The summed E-state index contributed by atoms with van der Waals surface area (Å²) in [5.74, 6) is 0.722. The van der Waals surface area contributed by atoms with Crippen molar-refractivity contribution >= 4 is 23.8 Å². The lowest BCUT2D eigenvalue weighted by Gasteiger charge is -2.72. The Morgan fingerprint density at radius 3 is 1.92 bits per heavy atom. The van der Waals surface area contributed by atoms with Crippen molar-refractivity contribution in [3.63, 3.8) is 0 Å². The monoisotopic (exact) mass is 911 g/mol. The van der Waals surface area contributed by atoms with Crippen LogP contribution in [-0.4, -0.2) is 48.1 Å². The summed E-state index contributed by atoms with van der Waals surface area (Å²) in [4.78, 5) is 52.3. The zero-order valence-corrected chi connectivity index (χ0v) is 42.8. The van der Waals surface area contributed by atoms with Crippen LogP contribution in [0.1, 0.15) is 184 Å². The molecule has 5 fully saturated rings. The van der Waals surface area contributed by atoms with Gasteiger partial charge in [0, 0.05) is 24.9 Å². The van der Waals surface area contributed by atoms with Crippen LogP contribution >= 0.6 is 0 Å². The molecule has 368 valence electrons. The number of carbonyl (C=O) groups excluding carboxylic acids is 3. The number of hydrogen-bond acceptors (Lipinski definition) is 5. The number of carboxylic acids is 1. The summed E-state index contributed by atoms with van der Waals surface area (Å²) in [6, 6.07) is 0. The maximum Gasteiger partial charge on any atom is 0.309 e. The number of hydrogen-bond donors (Lipinski definition) is 3. The minimum absolute atomic E-state index is 0.0374. The third kappa shape index (κ3) is 11.4. The van der Waals surface area contributed by atoms with Gasteiger partial charge in [-0.25, -0.2) is 0 Å². The fraction of sp³-hybridized carbons (Fsp3) is 0.724. The Bertz CT molecular complexity index is 1870. The number of esters is 1. The van der Waals surface area contributed by atoms with Crippen LogP contribution < -0.4 is 10.6 Å². The van der Waals surface area contributed by atoms with Crippen molar-refractivity contribution in [3.05, 3.63) is 72.9 Å². The predicted molar refractivity (Wildman–Crippen MR) is 269 cm³/mol. The molecule has 0 spiro atoms. The van der Waals surface area contributed by atoms with Gasteiger partial charge in [-0.15, -0.1) is 0 Å². The van der Waals surface area contributed by atoms with E-state index in [0.29, 0.717) is 43.2 Å². The summed E-state index contributed by atoms with van der Waals surface area (Å²) in [5, 5.41) is 16.1. The van der Waals surface area contributed by atoms with E-state index in [4.69, 9.17) is 4.74 Å². The largest absolute Gasteiger partial charge is 0.481 e. The van der Waals surface area contributed by atoms with Crippen LogP contribution in [0.3, 0.4) is 0 Å². The average Bonchev–Trinajstić information content (AvgIpc) is 3.66. The molecule has 5 saturated carbocycles. The van der Waals surface area contributed by atoms with E-state index in [9.17, 15) is 24.3 Å². The minimum atomic E-state index is -1.16. The molecule has 2 amide bonds. The zero-order valence-electron chi connectivity index (χ0n) is 42.8. The molecule has 10 atom stereocenters. The number of unbranched alkanes of at least 4 members (excludes halogenated alkanes) is 1. The van der Waals surface area contributed by atoms with Gasteiger partial charge in [-0.2, -0.15) is 0 Å². The van der Waals surface area contributed by atoms with Crippen LogP contribution in [0, 0.1) is 62.1 Å². The highest BCUT2D eigenvalue weighted by molar-refractivity contribution is 5.84. The zero-order chi connectivity index (χ0) is 48.4. The number of allylic oxidation sites excluding steroid dienone is 11. The third-order valence-corrected chi connectivity index (χ3v) is 18.6. The van der Waals surface area contributed by atoms with E-state index in [-0.39, 0.29) is 51.9 Å². The van der Waals surface area contributed by atoms with E-state index in [1.165, 1.54) is 5.57 Å². The molecule has 0 aromatic heterocycles. The Hall–Kier alpha value is -3.68. The third-order valence-electron chi connectivity index (χ3n) is 18.6. The second-order valence-corrected chi connectivity index (χ2v) is 23.3. The van der Waals surface area contributed by atoms with Crippen molar-refractivity contribution in [2.24, 2.45) is 62.1 Å². The smallest absolute Gasteiger partial charge is 0.309 e. The lowest BCUT2D eigenvalue weighted by atomic mass is 9.32. The summed E-state index contributed by atoms with van der Waals surface area (Å²) < 4.78 is 6.19. The maximum absolute atomic E-state index is 14.6. The molecule has 8 heteroatoms. The van der Waals surface area contributed by atoms with Crippen molar-refractivity contribution in [2.75, 3.05) is 13.1 Å². The molecule has 0 aromatic carbocycles. The first-order valence-electron chi connectivity index (χ1n) is 26.1. The fourth-order valence-electron chi connectivity index (χ4n) is 14.7. The van der Waals surface area contributed by atoms with Gasteiger partial charge in [-0.3, -0.25) is 19.2 Å². The second kappa shape index (κ2) is 22.6. The fourth-order valence-corrected chi connectivity index (χ4v) is 14.7. The van der Waals surface area contributed by atoms with Crippen LogP contribution in [0.5, 0.6) is 0 Å². The molecule has 5 aliphatic rings. The van der Waals surface area contributed by atoms with E-state index < -0.39 is 22.8 Å². The number of fused-ring (bicyclic) bond motifs is 7. The molecule has 0 unspecified atom stereocenters. The molecule has 66 heavy (non-hydrogen) atoms. The normalized spacial score (nSPS) is 34.0. The molecule has 0 aliphatic heterocycles. The topological polar surface area (TPSA) is 122 Å². The standard InChI is InChI=1S/C58H90N2O6/c1-11-12-13-14-15-16-17-18-19-20-21-22-23-24-25-26-27-28-48(61)59-39-40-60-51(63)58-36-31-43(42(2)3)50(58)44-29-30-46-55(8)34-33-47(66-49(62)41-53(4,5)52(64)65)54(6,7)45(55)32-35-57(46,10)56(44,9)37-38-58/h12-13,15-16,18-19,21-22,24-25,43-47,50H,2,11,14,17,20,23,26-41H2,1,3-10H3,(H,59,61)(H,60,63)(H,64,65)/b13-12-,16-15-,19-18-,22-21-,25-24-/t43-,44+,45-,46+,47-,50+,55-,56+,57+,58-/m0/s1. The second-order valence-electron chi connectivity index (χ2n) is 23.3. The van der Waals surface area contributed by atoms with Crippen LogP contribution in [0.4, 0.5) is 0 Å². The Kier molecular flexibility index (Phi) is 18.3. The number of nitrogens with one attached hydrogen (secondary N) is 2. The summed E-state index contributed by atoms with van der Waals surface area (Å²) in [5.41, 5.74) is -0.336. The van der Waals surface area contributed by atoms with Crippen molar-refractivity contribution in [1.29, 1.82) is 0 Å². The summed E-state index contributed by atoms with van der Waals surface area (Å²) >= 11 is 0. The number of rotatable bonds is 22. The Labute approximate surface area is 400 Å². The predicted octanol–water partition coefficient (Wildman–Crippen LogP) is 13.2. The van der Waals surface area contributed by atoms with Crippen LogP contribution in [0.2, 0.25) is 0 Å². The van der Waals surface area contributed by atoms with Crippen LogP contribution in [0.15, 0.2) is 72.9 Å². The van der Waals surface area contributed by atoms with Gasteiger partial charge in [-0.05, 0) is 176 Å². The van der Waals surface area contributed by atoms with Gasteiger partial charge in [0.1, 0.15) is 6.10 Å². The van der Waals surface area contributed by atoms with Crippen molar-refractivity contribution in [2.45, 2.75) is 190 Å². The molecule has 0 heterocycles. The molecule has 0 aromatic rings. The van der Waals surface area contributed by atoms with E-state index in [0.717, 1.165) is 109 Å². The molecule has 0 radical (unpaired) electrons. The Morgan fingerprint density at radius 2 is 1.32 bits per heavy atom. The van der Waals surface area contributed by atoms with E-state index in [2.05, 4.69) is 126 Å². The van der Waals surface area contributed by atoms with Gasteiger partial charge >= 0.3 is 11.9 Å². The van der Waals surface area contributed by atoms with E-state index in [1.807, 2.05) is 0 Å². The van der Waals surface area contributed by atoms with E-state index >= 15 is 0 Å². The maximum atomic E-state index is 14.6. The van der Waals surface area contributed by atoms with Gasteiger partial charge in [-0.1, -0.05) is 114 Å². The first-order chi connectivity index (χ1) is 31.2. The highest BCUT2D eigenvalue weighted by Gasteiger charge is 2.72. The lowest BCUT2D eigenvalue weighted by Crippen LogP contribution is -2.67.